The van der Waals surface area contributed by atoms with E-state index in [4.69, 9.17) is 5.73 Å². The summed E-state index contributed by atoms with van der Waals surface area (Å²) in [5.74, 6) is 0. The molecular formula is C14H15LiN2O2S. The van der Waals surface area contributed by atoms with E-state index in [0.717, 1.165) is 27.9 Å². The Kier molecular flexibility index (Phi) is 5.58. The molecule has 2 aromatic carbocycles. The molecule has 0 amide bonds. The van der Waals surface area contributed by atoms with Crippen LogP contribution in [0.2, 0.25) is 0 Å². The summed E-state index contributed by atoms with van der Waals surface area (Å²) in [6.45, 7) is 4.00. The Morgan fingerprint density at radius 1 is 1.00 bits per heavy atom. The molecular weight excluding hydrogens is 267 g/mol. The molecule has 0 aliphatic heterocycles. The van der Waals surface area contributed by atoms with Crippen LogP contribution in [-0.2, 0) is 10.5 Å². The van der Waals surface area contributed by atoms with E-state index in [9.17, 15) is 8.42 Å². The van der Waals surface area contributed by atoms with Crippen LogP contribution >= 0.6 is 0 Å². The van der Waals surface area contributed by atoms with E-state index in [0.29, 0.717) is 5.69 Å². The van der Waals surface area contributed by atoms with Crippen LogP contribution in [0.15, 0.2) is 40.8 Å². The van der Waals surface area contributed by atoms with Crippen molar-refractivity contribution in [1.82, 2.24) is 0 Å². The fraction of sp³-hybridized carbons (Fsp3) is 0.143. The van der Waals surface area contributed by atoms with E-state index < -0.39 is 10.5 Å². The Labute approximate surface area is 133 Å². The Bertz CT molecular complexity index is 751. The second-order valence-corrected chi connectivity index (χ2v) is 4.92. The first-order chi connectivity index (χ1) is 8.99. The maximum absolute atomic E-state index is 10.5. The molecule has 100 valence electrons. The number of nitrogen functional groups attached to an aromatic ring is 1. The van der Waals surface area contributed by atoms with Gasteiger partial charge in [0.05, 0.1) is 5.69 Å². The van der Waals surface area contributed by atoms with Crippen molar-refractivity contribution in [2.45, 2.75) is 13.8 Å². The third-order valence-corrected chi connectivity index (χ3v) is 3.55. The first-order valence-corrected chi connectivity index (χ1v) is 6.79. The number of nitrogens with zero attached hydrogens (tertiary/aromatic N) is 1. The average molecular weight is 282 g/mol. The van der Waals surface area contributed by atoms with Crippen molar-refractivity contribution in [2.75, 3.05) is 5.73 Å². The van der Waals surface area contributed by atoms with Gasteiger partial charge >= 0.3 is 29.4 Å². The first kappa shape index (κ1) is 16.5. The molecule has 2 rings (SSSR count). The fourth-order valence-corrected chi connectivity index (χ4v) is 2.24. The van der Waals surface area contributed by atoms with Crippen LogP contribution in [0.25, 0.3) is 11.1 Å². The summed E-state index contributed by atoms with van der Waals surface area (Å²) < 4.78 is 24.4. The molecule has 0 bridgehead atoms. The van der Waals surface area contributed by atoms with Crippen LogP contribution in [0, 0.1) is 13.8 Å². The third-order valence-electron chi connectivity index (χ3n) is 3.19. The number of benzene rings is 2. The van der Waals surface area contributed by atoms with Crippen LogP contribution < -0.4 is 24.6 Å². The zero-order chi connectivity index (χ0) is 14.0. The van der Waals surface area contributed by atoms with Gasteiger partial charge in [-0.2, -0.15) is 8.42 Å². The number of hydrogen-bond donors (Lipinski definition) is 1. The minimum absolute atomic E-state index is 0. The molecule has 0 unspecified atom stereocenters. The molecule has 4 nitrogen and oxygen atoms in total. The smallest absolute Gasteiger partial charge is 1.00 e. The Hall–Kier alpha value is -1.54. The van der Waals surface area contributed by atoms with Crippen molar-refractivity contribution in [2.24, 2.45) is 4.36 Å². The van der Waals surface area contributed by atoms with Crippen LogP contribution in [0.4, 0.5) is 11.4 Å². The molecule has 0 saturated carbocycles. The third kappa shape index (κ3) is 3.51. The molecule has 0 radical (unpaired) electrons. The van der Waals surface area contributed by atoms with Crippen molar-refractivity contribution in [3.63, 3.8) is 0 Å². The monoisotopic (exact) mass is 282 g/mol. The van der Waals surface area contributed by atoms with E-state index in [2.05, 4.69) is 4.36 Å². The molecule has 0 aromatic heterocycles. The summed E-state index contributed by atoms with van der Waals surface area (Å²) in [6.07, 6.45) is 0. The van der Waals surface area contributed by atoms with Gasteiger partial charge in [0.15, 0.2) is 0 Å². The molecule has 2 aromatic rings. The molecule has 0 aliphatic rings. The molecule has 0 heterocycles. The Balaban J connectivity index is 0.00000200. The number of nitrogens with two attached hydrogens (primary N) is 1. The van der Waals surface area contributed by atoms with Crippen LogP contribution in [0.1, 0.15) is 12.6 Å². The van der Waals surface area contributed by atoms with Gasteiger partial charge in [0, 0.05) is 5.69 Å². The largest absolute Gasteiger partial charge is 1.00 e. The maximum Gasteiger partial charge on any atom is 1.00 e. The van der Waals surface area contributed by atoms with Gasteiger partial charge in [0.25, 0.3) is 0 Å². The average Bonchev–Trinajstić information content (AvgIpc) is 2.37. The predicted octanol–water partition coefficient (Wildman–Crippen LogP) is 0.363. The van der Waals surface area contributed by atoms with Gasteiger partial charge in [0.2, 0.25) is 0 Å². The van der Waals surface area contributed by atoms with Crippen molar-refractivity contribution in [3.8, 4) is 11.1 Å². The zero-order valence-corrected chi connectivity index (χ0v) is 12.5. The van der Waals surface area contributed by atoms with E-state index in [1.807, 2.05) is 38.1 Å². The molecule has 0 spiro atoms. The predicted molar refractivity (Wildman–Crippen MR) is 77.9 cm³/mol. The Morgan fingerprint density at radius 3 is 2.15 bits per heavy atom. The SMILES string of the molecule is Cc1c(N)ccc(-c2ccc(N=S(=O)=O)cc2)c1C.[H-].[Li+]. The normalized spacial score (nSPS) is 9.70. The summed E-state index contributed by atoms with van der Waals surface area (Å²) in [6, 6.07) is 10.9. The van der Waals surface area contributed by atoms with E-state index in [1.54, 1.807) is 12.1 Å². The molecule has 0 aliphatic carbocycles. The van der Waals surface area contributed by atoms with Crippen LogP contribution in [-0.4, -0.2) is 8.42 Å². The minimum atomic E-state index is -2.42. The minimum Gasteiger partial charge on any atom is -1.00 e. The van der Waals surface area contributed by atoms with Crippen molar-refractivity contribution < 1.29 is 28.7 Å². The molecule has 20 heavy (non-hydrogen) atoms. The van der Waals surface area contributed by atoms with Crippen LogP contribution in [0.5, 0.6) is 0 Å². The molecule has 0 fully saturated rings. The summed E-state index contributed by atoms with van der Waals surface area (Å²) >= 11 is 0. The fourth-order valence-electron chi connectivity index (χ4n) is 1.94. The second kappa shape index (κ2) is 6.75. The molecule has 0 saturated heterocycles. The standard InChI is InChI=1S/C14H14N2O2S.Li.H/c1-9-10(2)14(15)8-7-13(9)11-3-5-12(6-4-11)16-19(17)18;;/h3-8H,15H2,1-2H3;;/q;+1;-1. The van der Waals surface area contributed by atoms with Crippen LogP contribution in [0.3, 0.4) is 0 Å². The van der Waals surface area contributed by atoms with Gasteiger partial charge in [0.1, 0.15) is 0 Å². The van der Waals surface area contributed by atoms with E-state index >= 15 is 0 Å². The Morgan fingerprint density at radius 2 is 1.60 bits per heavy atom. The van der Waals surface area contributed by atoms with Gasteiger partial charge in [-0.1, -0.05) is 18.2 Å². The van der Waals surface area contributed by atoms with Crippen molar-refractivity contribution in [1.29, 1.82) is 0 Å². The number of rotatable bonds is 2. The van der Waals surface area contributed by atoms with Gasteiger partial charge in [-0.25, -0.2) is 0 Å². The summed E-state index contributed by atoms with van der Waals surface area (Å²) in [4.78, 5) is 0. The van der Waals surface area contributed by atoms with Gasteiger partial charge in [-0.05, 0) is 54.3 Å². The zero-order valence-electron chi connectivity index (χ0n) is 12.7. The quantitative estimate of drug-likeness (QED) is 0.638. The maximum atomic E-state index is 10.5. The van der Waals surface area contributed by atoms with Gasteiger partial charge < -0.3 is 7.16 Å². The van der Waals surface area contributed by atoms with E-state index in [1.165, 1.54) is 0 Å². The first-order valence-electron chi connectivity index (χ1n) is 5.76. The topological polar surface area (TPSA) is 72.5 Å². The van der Waals surface area contributed by atoms with Gasteiger partial charge in [-0.3, -0.25) is 0 Å². The van der Waals surface area contributed by atoms with Crippen molar-refractivity contribution >= 4 is 21.9 Å². The molecule has 6 heteroatoms. The summed E-state index contributed by atoms with van der Waals surface area (Å²) in [5, 5.41) is 0. The summed E-state index contributed by atoms with van der Waals surface area (Å²) in [5.41, 5.74) is 11.3. The number of anilines is 1. The molecule has 2 N–H and O–H groups in total. The van der Waals surface area contributed by atoms with Crippen molar-refractivity contribution in [3.05, 3.63) is 47.5 Å². The summed E-state index contributed by atoms with van der Waals surface area (Å²) in [7, 11) is -2.42. The van der Waals surface area contributed by atoms with Gasteiger partial charge in [-0.15, -0.1) is 4.36 Å². The van der Waals surface area contributed by atoms with E-state index in [-0.39, 0.29) is 20.3 Å². The number of hydrogen-bond acceptors (Lipinski definition) is 4. The molecule has 0 atom stereocenters. The second-order valence-electron chi connectivity index (χ2n) is 4.31.